The summed E-state index contributed by atoms with van der Waals surface area (Å²) in [7, 11) is 1.64. The third-order valence-electron chi connectivity index (χ3n) is 6.40. The number of carbonyl (C=O) groups excluding carboxylic acids is 2. The van der Waals surface area contributed by atoms with Gasteiger partial charge in [0.25, 0.3) is 0 Å². The SMILES string of the molecule is CCCCN1C(=O)CC(C(=O)N2CCc3ccccc3C2)C1c1ccc(OC)cc1. The van der Waals surface area contributed by atoms with Gasteiger partial charge in [-0.1, -0.05) is 49.7 Å². The fourth-order valence-electron chi connectivity index (χ4n) is 4.74. The van der Waals surface area contributed by atoms with Gasteiger partial charge in [0, 0.05) is 26.1 Å². The number of unbranched alkanes of at least 4 members (excludes halogenated alkanes) is 1. The molecule has 0 radical (unpaired) electrons. The number of rotatable bonds is 6. The van der Waals surface area contributed by atoms with Crippen LogP contribution in [-0.4, -0.2) is 41.8 Å². The molecule has 2 unspecified atom stereocenters. The van der Waals surface area contributed by atoms with Crippen molar-refractivity contribution in [2.75, 3.05) is 20.2 Å². The van der Waals surface area contributed by atoms with Crippen LogP contribution in [0.3, 0.4) is 0 Å². The zero-order valence-electron chi connectivity index (χ0n) is 17.8. The monoisotopic (exact) mass is 406 g/mol. The summed E-state index contributed by atoms with van der Waals surface area (Å²) in [6.45, 7) is 4.16. The van der Waals surface area contributed by atoms with Gasteiger partial charge in [-0.2, -0.15) is 0 Å². The van der Waals surface area contributed by atoms with Crippen LogP contribution in [0.1, 0.15) is 48.9 Å². The maximum Gasteiger partial charge on any atom is 0.228 e. The first-order valence-electron chi connectivity index (χ1n) is 10.9. The predicted molar refractivity (Wildman–Crippen MR) is 116 cm³/mol. The van der Waals surface area contributed by atoms with Crippen molar-refractivity contribution in [1.29, 1.82) is 0 Å². The topological polar surface area (TPSA) is 49.9 Å². The molecule has 1 saturated heterocycles. The van der Waals surface area contributed by atoms with Crippen LogP contribution >= 0.6 is 0 Å². The lowest BCUT2D eigenvalue weighted by molar-refractivity contribution is -0.137. The first kappa shape index (κ1) is 20.5. The zero-order valence-corrected chi connectivity index (χ0v) is 17.8. The predicted octanol–water partition coefficient (Wildman–Crippen LogP) is 3.97. The van der Waals surface area contributed by atoms with Gasteiger partial charge in [0.05, 0.1) is 19.1 Å². The van der Waals surface area contributed by atoms with Gasteiger partial charge in [-0.05, 0) is 41.7 Å². The zero-order chi connectivity index (χ0) is 21.1. The average molecular weight is 407 g/mol. The van der Waals surface area contributed by atoms with Crippen molar-refractivity contribution in [3.63, 3.8) is 0 Å². The van der Waals surface area contributed by atoms with Crippen molar-refractivity contribution in [3.8, 4) is 5.75 Å². The summed E-state index contributed by atoms with van der Waals surface area (Å²) < 4.78 is 5.29. The van der Waals surface area contributed by atoms with Gasteiger partial charge in [0.15, 0.2) is 0 Å². The molecule has 30 heavy (non-hydrogen) atoms. The summed E-state index contributed by atoms with van der Waals surface area (Å²) in [4.78, 5) is 30.4. The van der Waals surface area contributed by atoms with Crippen LogP contribution in [0.15, 0.2) is 48.5 Å². The van der Waals surface area contributed by atoms with E-state index < -0.39 is 0 Å². The molecule has 4 rings (SSSR count). The van der Waals surface area contributed by atoms with E-state index in [1.807, 2.05) is 40.1 Å². The molecule has 0 N–H and O–H groups in total. The summed E-state index contributed by atoms with van der Waals surface area (Å²) in [5.41, 5.74) is 3.54. The van der Waals surface area contributed by atoms with Gasteiger partial charge < -0.3 is 14.5 Å². The summed E-state index contributed by atoms with van der Waals surface area (Å²) in [5, 5.41) is 0. The molecule has 0 aromatic heterocycles. The number of likely N-dealkylation sites (tertiary alicyclic amines) is 1. The maximum absolute atomic E-state index is 13.6. The molecular weight excluding hydrogens is 376 g/mol. The number of hydrogen-bond acceptors (Lipinski definition) is 3. The molecule has 2 aromatic carbocycles. The van der Waals surface area contributed by atoms with Crippen molar-refractivity contribution >= 4 is 11.8 Å². The highest BCUT2D eigenvalue weighted by Crippen LogP contribution is 2.40. The van der Waals surface area contributed by atoms with E-state index in [4.69, 9.17) is 4.74 Å². The highest BCUT2D eigenvalue weighted by atomic mass is 16.5. The molecule has 0 aliphatic carbocycles. The molecule has 2 aliphatic rings. The standard InChI is InChI=1S/C25H30N2O3/c1-3-4-14-27-23(28)16-22(24(27)19-9-11-21(30-2)12-10-19)25(29)26-15-13-18-7-5-6-8-20(18)17-26/h5-12,22,24H,3-4,13-17H2,1-2H3. The average Bonchev–Trinajstić information content (AvgIpc) is 3.12. The van der Waals surface area contributed by atoms with Crippen LogP contribution < -0.4 is 4.74 Å². The number of methoxy groups -OCH3 is 1. The van der Waals surface area contributed by atoms with Crippen LogP contribution in [0.5, 0.6) is 5.75 Å². The smallest absolute Gasteiger partial charge is 0.228 e. The fraction of sp³-hybridized carbons (Fsp3) is 0.440. The van der Waals surface area contributed by atoms with Crippen LogP contribution in [0.4, 0.5) is 0 Å². The lowest BCUT2D eigenvalue weighted by Crippen LogP contribution is -2.41. The van der Waals surface area contributed by atoms with Gasteiger partial charge >= 0.3 is 0 Å². The van der Waals surface area contributed by atoms with E-state index in [1.165, 1.54) is 11.1 Å². The number of nitrogens with zero attached hydrogens (tertiary/aromatic N) is 2. The Kier molecular flexibility index (Phi) is 6.07. The molecule has 158 valence electrons. The van der Waals surface area contributed by atoms with Gasteiger partial charge in [-0.25, -0.2) is 0 Å². The van der Waals surface area contributed by atoms with E-state index in [1.54, 1.807) is 7.11 Å². The van der Waals surface area contributed by atoms with E-state index in [2.05, 4.69) is 25.1 Å². The van der Waals surface area contributed by atoms with E-state index in [-0.39, 0.29) is 30.2 Å². The van der Waals surface area contributed by atoms with Crippen molar-refractivity contribution in [1.82, 2.24) is 9.80 Å². The lowest BCUT2D eigenvalue weighted by Gasteiger charge is -2.34. The van der Waals surface area contributed by atoms with Crippen molar-refractivity contribution in [3.05, 3.63) is 65.2 Å². The second-order valence-electron chi connectivity index (χ2n) is 8.25. The number of benzene rings is 2. The van der Waals surface area contributed by atoms with Crippen LogP contribution in [-0.2, 0) is 22.6 Å². The Morgan fingerprint density at radius 3 is 2.53 bits per heavy atom. The van der Waals surface area contributed by atoms with Gasteiger partial charge in [-0.15, -0.1) is 0 Å². The van der Waals surface area contributed by atoms with E-state index >= 15 is 0 Å². The Balaban J connectivity index is 1.61. The normalized spacial score (nSPS) is 20.9. The molecule has 0 bridgehead atoms. The summed E-state index contributed by atoms with van der Waals surface area (Å²) in [6.07, 6.45) is 3.11. The Morgan fingerprint density at radius 1 is 1.10 bits per heavy atom. The van der Waals surface area contributed by atoms with E-state index in [0.29, 0.717) is 19.6 Å². The molecule has 5 heteroatoms. The fourth-order valence-corrected chi connectivity index (χ4v) is 4.74. The molecule has 2 amide bonds. The highest BCUT2D eigenvalue weighted by molar-refractivity contribution is 5.90. The Labute approximate surface area is 178 Å². The van der Waals surface area contributed by atoms with Crippen LogP contribution in [0, 0.1) is 5.92 Å². The van der Waals surface area contributed by atoms with Gasteiger partial charge in [0.1, 0.15) is 5.75 Å². The second-order valence-corrected chi connectivity index (χ2v) is 8.25. The molecule has 2 atom stereocenters. The number of fused-ring (bicyclic) bond motifs is 1. The van der Waals surface area contributed by atoms with E-state index in [9.17, 15) is 9.59 Å². The molecule has 2 aliphatic heterocycles. The van der Waals surface area contributed by atoms with Crippen molar-refractivity contribution < 1.29 is 14.3 Å². The van der Waals surface area contributed by atoms with Gasteiger partial charge in [0.2, 0.25) is 11.8 Å². The highest BCUT2D eigenvalue weighted by Gasteiger charge is 2.45. The molecule has 0 saturated carbocycles. The van der Waals surface area contributed by atoms with E-state index in [0.717, 1.165) is 30.6 Å². The largest absolute Gasteiger partial charge is 0.497 e. The first-order valence-corrected chi connectivity index (χ1v) is 10.9. The van der Waals surface area contributed by atoms with Crippen LogP contribution in [0.2, 0.25) is 0 Å². The molecule has 5 nitrogen and oxygen atoms in total. The maximum atomic E-state index is 13.6. The van der Waals surface area contributed by atoms with Crippen molar-refractivity contribution in [2.45, 2.75) is 45.2 Å². The third-order valence-corrected chi connectivity index (χ3v) is 6.40. The summed E-state index contributed by atoms with van der Waals surface area (Å²) >= 11 is 0. The number of carbonyl (C=O) groups is 2. The summed E-state index contributed by atoms with van der Waals surface area (Å²) in [6, 6.07) is 15.9. The minimum absolute atomic E-state index is 0.0834. The van der Waals surface area contributed by atoms with Gasteiger partial charge in [-0.3, -0.25) is 9.59 Å². The minimum atomic E-state index is -0.340. The number of ether oxygens (including phenoxy) is 1. The first-order chi connectivity index (χ1) is 14.6. The Hall–Kier alpha value is -2.82. The Morgan fingerprint density at radius 2 is 1.83 bits per heavy atom. The quantitative estimate of drug-likeness (QED) is 0.729. The number of amides is 2. The lowest BCUT2D eigenvalue weighted by atomic mass is 9.90. The van der Waals surface area contributed by atoms with Crippen LogP contribution in [0.25, 0.3) is 0 Å². The van der Waals surface area contributed by atoms with Crippen molar-refractivity contribution in [2.24, 2.45) is 5.92 Å². The second kappa shape index (κ2) is 8.90. The minimum Gasteiger partial charge on any atom is -0.497 e. The molecule has 2 aromatic rings. The summed E-state index contributed by atoms with van der Waals surface area (Å²) in [5.74, 6) is 0.615. The molecule has 1 fully saturated rings. The third kappa shape index (κ3) is 3.93. The molecular formula is C25H30N2O3. The molecule has 2 heterocycles. The molecule has 0 spiro atoms. The Bertz CT molecular complexity index is 909. The number of hydrogen-bond donors (Lipinski definition) is 0.